The van der Waals surface area contributed by atoms with E-state index in [2.05, 4.69) is 39.8 Å². The normalized spacial score (nSPS) is 17.2. The molecule has 1 heterocycles. The number of hydrogen-bond acceptors (Lipinski definition) is 2. The van der Waals surface area contributed by atoms with Gasteiger partial charge in [-0.15, -0.1) is 0 Å². The number of H-pyrrole nitrogens is 1. The zero-order valence-electron chi connectivity index (χ0n) is 12.1. The van der Waals surface area contributed by atoms with E-state index in [1.165, 1.54) is 11.1 Å². The number of aryl methyl sites for hydroxylation is 2. The summed E-state index contributed by atoms with van der Waals surface area (Å²) in [5, 5.41) is 9.88. The number of fused-ring (bicyclic) bond motifs is 1. The summed E-state index contributed by atoms with van der Waals surface area (Å²) in [6.07, 6.45) is 9.13. The lowest BCUT2D eigenvalue weighted by molar-refractivity contribution is -0.121. The van der Waals surface area contributed by atoms with Gasteiger partial charge in [0.1, 0.15) is 0 Å². The molecule has 0 fully saturated rings. The highest BCUT2D eigenvalue weighted by Gasteiger charge is 2.19. The SMILES string of the molecule is O=C(CCCc1cn[nH]c1)N[C@H]1CCc2ccccc2C1. The fourth-order valence-corrected chi connectivity index (χ4v) is 2.99. The van der Waals surface area contributed by atoms with E-state index in [1.807, 2.05) is 12.4 Å². The van der Waals surface area contributed by atoms with Crippen molar-refractivity contribution < 1.29 is 4.79 Å². The van der Waals surface area contributed by atoms with Gasteiger partial charge >= 0.3 is 0 Å². The number of hydrogen-bond donors (Lipinski definition) is 2. The predicted octanol–water partition coefficient (Wildman–Crippen LogP) is 2.41. The average Bonchev–Trinajstić information content (AvgIpc) is 3.00. The summed E-state index contributed by atoms with van der Waals surface area (Å²) < 4.78 is 0. The largest absolute Gasteiger partial charge is 0.353 e. The molecule has 0 unspecified atom stereocenters. The summed E-state index contributed by atoms with van der Waals surface area (Å²) in [7, 11) is 0. The number of benzene rings is 1. The lowest BCUT2D eigenvalue weighted by Crippen LogP contribution is -2.38. The van der Waals surface area contributed by atoms with Crippen LogP contribution in [0.15, 0.2) is 36.7 Å². The summed E-state index contributed by atoms with van der Waals surface area (Å²) in [6, 6.07) is 8.83. The highest BCUT2D eigenvalue weighted by Crippen LogP contribution is 2.21. The predicted molar refractivity (Wildman–Crippen MR) is 81.9 cm³/mol. The van der Waals surface area contributed by atoms with Crippen LogP contribution in [0.3, 0.4) is 0 Å². The van der Waals surface area contributed by atoms with Gasteiger partial charge in [0.15, 0.2) is 0 Å². The van der Waals surface area contributed by atoms with Crippen molar-refractivity contribution in [2.45, 2.75) is 44.6 Å². The number of nitrogens with zero attached hydrogens (tertiary/aromatic N) is 1. The maximum Gasteiger partial charge on any atom is 0.220 e. The molecule has 21 heavy (non-hydrogen) atoms. The Kier molecular flexibility index (Phi) is 4.34. The second-order valence-corrected chi connectivity index (χ2v) is 5.74. The van der Waals surface area contributed by atoms with Gasteiger partial charge in [-0.25, -0.2) is 0 Å². The van der Waals surface area contributed by atoms with Crippen LogP contribution >= 0.6 is 0 Å². The van der Waals surface area contributed by atoms with Crippen LogP contribution in [0.5, 0.6) is 0 Å². The van der Waals surface area contributed by atoms with Gasteiger partial charge in [-0.2, -0.15) is 5.10 Å². The molecule has 110 valence electrons. The minimum Gasteiger partial charge on any atom is -0.353 e. The zero-order chi connectivity index (χ0) is 14.5. The van der Waals surface area contributed by atoms with Crippen LogP contribution < -0.4 is 5.32 Å². The minimum atomic E-state index is 0.169. The molecular weight excluding hydrogens is 262 g/mol. The molecule has 0 radical (unpaired) electrons. The van der Waals surface area contributed by atoms with E-state index in [9.17, 15) is 4.79 Å². The van der Waals surface area contributed by atoms with Crippen molar-refractivity contribution in [2.75, 3.05) is 0 Å². The molecule has 2 N–H and O–H groups in total. The molecular formula is C17H21N3O. The van der Waals surface area contributed by atoms with Crippen molar-refractivity contribution in [3.05, 3.63) is 53.3 Å². The number of carbonyl (C=O) groups is 1. The summed E-state index contributed by atoms with van der Waals surface area (Å²) in [5.41, 5.74) is 3.98. The standard InChI is InChI=1S/C17H21N3O/c21-17(7-3-4-13-11-18-19-12-13)20-16-9-8-14-5-1-2-6-15(14)10-16/h1-2,5-6,11-12,16H,3-4,7-10H2,(H,18,19)(H,20,21)/t16-/m0/s1. The number of nitrogens with one attached hydrogen (secondary N) is 2. The molecule has 1 amide bonds. The number of amides is 1. The fraction of sp³-hybridized carbons (Fsp3) is 0.412. The molecule has 0 aliphatic heterocycles. The van der Waals surface area contributed by atoms with Crippen LogP contribution in [0, 0.1) is 0 Å². The molecule has 0 saturated carbocycles. The van der Waals surface area contributed by atoms with E-state index in [4.69, 9.17) is 0 Å². The molecule has 0 saturated heterocycles. The van der Waals surface area contributed by atoms with Crippen LogP contribution in [0.4, 0.5) is 0 Å². The smallest absolute Gasteiger partial charge is 0.220 e. The van der Waals surface area contributed by atoms with E-state index in [-0.39, 0.29) is 5.91 Å². The van der Waals surface area contributed by atoms with Crippen LogP contribution in [0.25, 0.3) is 0 Å². The Labute approximate surface area is 125 Å². The van der Waals surface area contributed by atoms with Crippen LogP contribution in [-0.2, 0) is 24.1 Å². The third-order valence-corrected chi connectivity index (χ3v) is 4.14. The Balaban J connectivity index is 1.43. The van der Waals surface area contributed by atoms with Crippen LogP contribution in [0.2, 0.25) is 0 Å². The highest BCUT2D eigenvalue weighted by molar-refractivity contribution is 5.76. The monoisotopic (exact) mass is 283 g/mol. The highest BCUT2D eigenvalue weighted by atomic mass is 16.1. The van der Waals surface area contributed by atoms with Crippen LogP contribution in [0.1, 0.15) is 36.0 Å². The number of rotatable bonds is 5. The lowest BCUT2D eigenvalue weighted by Gasteiger charge is -2.25. The Morgan fingerprint density at radius 1 is 1.33 bits per heavy atom. The van der Waals surface area contributed by atoms with Crippen molar-refractivity contribution in [3.63, 3.8) is 0 Å². The maximum absolute atomic E-state index is 12.0. The maximum atomic E-state index is 12.0. The summed E-state index contributed by atoms with van der Waals surface area (Å²) in [5.74, 6) is 0.169. The van der Waals surface area contributed by atoms with Gasteiger partial charge in [0, 0.05) is 18.7 Å². The average molecular weight is 283 g/mol. The molecule has 4 heteroatoms. The molecule has 2 aromatic rings. The topological polar surface area (TPSA) is 57.8 Å². The van der Waals surface area contributed by atoms with Gasteiger partial charge in [0.2, 0.25) is 5.91 Å². The molecule has 1 aliphatic rings. The van der Waals surface area contributed by atoms with Crippen molar-refractivity contribution >= 4 is 5.91 Å². The Bertz CT molecular complexity index is 592. The van der Waals surface area contributed by atoms with Gasteiger partial charge in [-0.05, 0) is 48.8 Å². The zero-order valence-corrected chi connectivity index (χ0v) is 12.1. The van der Waals surface area contributed by atoms with E-state index >= 15 is 0 Å². The van der Waals surface area contributed by atoms with E-state index in [1.54, 1.807) is 0 Å². The molecule has 3 rings (SSSR count). The Hall–Kier alpha value is -2.10. The van der Waals surface area contributed by atoms with E-state index in [0.717, 1.165) is 37.7 Å². The summed E-state index contributed by atoms with van der Waals surface area (Å²) >= 11 is 0. The van der Waals surface area contributed by atoms with Crippen molar-refractivity contribution in [1.29, 1.82) is 0 Å². The van der Waals surface area contributed by atoms with Crippen molar-refractivity contribution in [2.24, 2.45) is 0 Å². The lowest BCUT2D eigenvalue weighted by atomic mass is 9.88. The molecule has 1 aromatic carbocycles. The first kappa shape index (κ1) is 13.9. The van der Waals surface area contributed by atoms with Crippen molar-refractivity contribution in [1.82, 2.24) is 15.5 Å². The van der Waals surface area contributed by atoms with Crippen molar-refractivity contribution in [3.8, 4) is 0 Å². The minimum absolute atomic E-state index is 0.169. The summed E-state index contributed by atoms with van der Waals surface area (Å²) in [4.78, 5) is 12.0. The van der Waals surface area contributed by atoms with E-state index in [0.29, 0.717) is 12.5 Å². The van der Waals surface area contributed by atoms with E-state index < -0.39 is 0 Å². The second-order valence-electron chi connectivity index (χ2n) is 5.74. The van der Waals surface area contributed by atoms with Gasteiger partial charge in [0.25, 0.3) is 0 Å². The molecule has 1 aliphatic carbocycles. The molecule has 1 atom stereocenters. The van der Waals surface area contributed by atoms with Gasteiger partial charge in [-0.1, -0.05) is 24.3 Å². The quantitative estimate of drug-likeness (QED) is 0.885. The summed E-state index contributed by atoms with van der Waals surface area (Å²) in [6.45, 7) is 0. The third-order valence-electron chi connectivity index (χ3n) is 4.14. The number of aromatic amines is 1. The second kappa shape index (κ2) is 6.57. The number of carbonyl (C=O) groups excluding carboxylic acids is 1. The molecule has 0 spiro atoms. The molecule has 0 bridgehead atoms. The first-order chi connectivity index (χ1) is 10.3. The van der Waals surface area contributed by atoms with Gasteiger partial charge < -0.3 is 5.32 Å². The first-order valence-corrected chi connectivity index (χ1v) is 7.65. The molecule has 4 nitrogen and oxygen atoms in total. The van der Waals surface area contributed by atoms with Gasteiger partial charge in [-0.3, -0.25) is 9.89 Å². The Morgan fingerprint density at radius 2 is 2.19 bits per heavy atom. The fourth-order valence-electron chi connectivity index (χ4n) is 2.99. The molecule has 1 aromatic heterocycles. The van der Waals surface area contributed by atoms with Crippen LogP contribution in [-0.4, -0.2) is 22.1 Å². The third kappa shape index (κ3) is 3.72. The Morgan fingerprint density at radius 3 is 3.00 bits per heavy atom. The first-order valence-electron chi connectivity index (χ1n) is 7.65. The number of aromatic nitrogens is 2. The van der Waals surface area contributed by atoms with Gasteiger partial charge in [0.05, 0.1) is 6.20 Å².